The standard InChI is InChI=1S/C22H22FN5O3/c1-16-13-27(9-8-26(16)14-17-4-2-6-19(10-17)28(29)30)21-12-22(25-15-24-21)31-20-7-3-5-18(23)11-20/h2-7,10-12,15-16H,8-9,13-14H2,1H3/t16-/m1/s1. The van der Waals surface area contributed by atoms with Crippen molar-refractivity contribution in [3.63, 3.8) is 0 Å². The number of benzene rings is 2. The number of nitro benzene ring substituents is 1. The Morgan fingerprint density at radius 3 is 2.77 bits per heavy atom. The monoisotopic (exact) mass is 423 g/mol. The number of anilines is 1. The van der Waals surface area contributed by atoms with E-state index in [4.69, 9.17) is 4.74 Å². The van der Waals surface area contributed by atoms with E-state index in [-0.39, 0.29) is 22.5 Å². The van der Waals surface area contributed by atoms with Gasteiger partial charge in [-0.1, -0.05) is 18.2 Å². The predicted octanol–water partition coefficient (Wildman–Crippen LogP) is 4.03. The van der Waals surface area contributed by atoms with Crippen LogP contribution in [-0.4, -0.2) is 45.5 Å². The van der Waals surface area contributed by atoms with Gasteiger partial charge in [0, 0.05) is 56.5 Å². The lowest BCUT2D eigenvalue weighted by atomic mass is 10.1. The third-order valence-corrected chi connectivity index (χ3v) is 5.24. The summed E-state index contributed by atoms with van der Waals surface area (Å²) in [5.74, 6) is 1.09. The first kappa shape index (κ1) is 20.7. The fraction of sp³-hybridized carbons (Fsp3) is 0.273. The van der Waals surface area contributed by atoms with Crippen LogP contribution in [0.25, 0.3) is 0 Å². The summed E-state index contributed by atoms with van der Waals surface area (Å²) in [6.45, 7) is 5.04. The molecule has 0 bridgehead atoms. The van der Waals surface area contributed by atoms with Gasteiger partial charge in [-0.3, -0.25) is 15.0 Å². The normalized spacial score (nSPS) is 16.8. The number of aromatic nitrogens is 2. The number of hydrogen-bond acceptors (Lipinski definition) is 7. The van der Waals surface area contributed by atoms with Crippen LogP contribution in [0.1, 0.15) is 12.5 Å². The third kappa shape index (κ3) is 5.13. The summed E-state index contributed by atoms with van der Waals surface area (Å²) >= 11 is 0. The van der Waals surface area contributed by atoms with Crippen LogP contribution in [0.15, 0.2) is 60.9 Å². The van der Waals surface area contributed by atoms with Gasteiger partial charge in [0.15, 0.2) is 0 Å². The number of halogens is 1. The molecule has 0 amide bonds. The van der Waals surface area contributed by atoms with Crippen molar-refractivity contribution in [1.29, 1.82) is 0 Å². The van der Waals surface area contributed by atoms with Crippen LogP contribution in [-0.2, 0) is 6.54 Å². The predicted molar refractivity (Wildman–Crippen MR) is 114 cm³/mol. The molecule has 160 valence electrons. The number of ether oxygens (including phenoxy) is 1. The van der Waals surface area contributed by atoms with Crippen molar-refractivity contribution in [2.45, 2.75) is 19.5 Å². The van der Waals surface area contributed by atoms with E-state index in [2.05, 4.69) is 26.7 Å². The Balaban J connectivity index is 1.40. The highest BCUT2D eigenvalue weighted by Gasteiger charge is 2.25. The van der Waals surface area contributed by atoms with E-state index in [0.29, 0.717) is 18.2 Å². The first-order chi connectivity index (χ1) is 15.0. The molecule has 1 fully saturated rings. The quantitative estimate of drug-likeness (QED) is 0.437. The average molecular weight is 423 g/mol. The molecule has 0 aliphatic carbocycles. The maximum atomic E-state index is 13.4. The minimum atomic E-state index is -0.375. The first-order valence-electron chi connectivity index (χ1n) is 9.96. The highest BCUT2D eigenvalue weighted by Crippen LogP contribution is 2.25. The van der Waals surface area contributed by atoms with Crippen molar-refractivity contribution in [3.05, 3.63) is 82.4 Å². The van der Waals surface area contributed by atoms with Gasteiger partial charge in [-0.2, -0.15) is 0 Å². The lowest BCUT2D eigenvalue weighted by molar-refractivity contribution is -0.384. The van der Waals surface area contributed by atoms with Gasteiger partial charge in [0.05, 0.1) is 4.92 Å². The lowest BCUT2D eigenvalue weighted by Crippen LogP contribution is -2.51. The lowest BCUT2D eigenvalue weighted by Gasteiger charge is -2.40. The highest BCUT2D eigenvalue weighted by molar-refractivity contribution is 5.43. The number of rotatable bonds is 6. The van der Waals surface area contributed by atoms with E-state index in [1.54, 1.807) is 30.3 Å². The summed E-state index contributed by atoms with van der Waals surface area (Å²) in [4.78, 5) is 23.6. The van der Waals surface area contributed by atoms with E-state index < -0.39 is 0 Å². The molecule has 1 aromatic heterocycles. The number of hydrogen-bond donors (Lipinski definition) is 0. The zero-order valence-electron chi connectivity index (χ0n) is 17.0. The van der Waals surface area contributed by atoms with Crippen LogP contribution in [0, 0.1) is 15.9 Å². The maximum Gasteiger partial charge on any atom is 0.269 e. The fourth-order valence-corrected chi connectivity index (χ4v) is 3.65. The number of nitro groups is 1. The fourth-order valence-electron chi connectivity index (χ4n) is 3.65. The molecule has 9 heteroatoms. The molecule has 2 aromatic carbocycles. The maximum absolute atomic E-state index is 13.4. The molecule has 1 aliphatic rings. The highest BCUT2D eigenvalue weighted by atomic mass is 19.1. The van der Waals surface area contributed by atoms with E-state index in [9.17, 15) is 14.5 Å². The number of piperazine rings is 1. The SMILES string of the molecule is C[C@@H]1CN(c2cc(Oc3cccc(F)c3)ncn2)CCN1Cc1cccc([N+](=O)[O-])c1. The van der Waals surface area contributed by atoms with Gasteiger partial charge in [-0.05, 0) is 24.6 Å². The summed E-state index contributed by atoms with van der Waals surface area (Å²) in [6.07, 6.45) is 1.43. The van der Waals surface area contributed by atoms with Crippen molar-refractivity contribution in [1.82, 2.24) is 14.9 Å². The van der Waals surface area contributed by atoms with Crippen LogP contribution >= 0.6 is 0 Å². The Morgan fingerprint density at radius 1 is 1.16 bits per heavy atom. The summed E-state index contributed by atoms with van der Waals surface area (Å²) in [5, 5.41) is 11.0. The Kier molecular flexibility index (Phi) is 6.03. The van der Waals surface area contributed by atoms with Crippen molar-refractivity contribution in [2.75, 3.05) is 24.5 Å². The van der Waals surface area contributed by atoms with Crippen LogP contribution in [0.3, 0.4) is 0 Å². The number of nitrogens with zero attached hydrogens (tertiary/aromatic N) is 5. The van der Waals surface area contributed by atoms with E-state index in [1.165, 1.54) is 24.5 Å². The van der Waals surface area contributed by atoms with Crippen LogP contribution in [0.2, 0.25) is 0 Å². The van der Waals surface area contributed by atoms with E-state index >= 15 is 0 Å². The van der Waals surface area contributed by atoms with Gasteiger partial charge in [0.1, 0.15) is 23.7 Å². The molecular weight excluding hydrogens is 401 g/mol. The van der Waals surface area contributed by atoms with Crippen molar-refractivity contribution in [2.24, 2.45) is 0 Å². The molecule has 0 radical (unpaired) electrons. The zero-order valence-corrected chi connectivity index (χ0v) is 17.0. The summed E-state index contributed by atoms with van der Waals surface area (Å²) in [7, 11) is 0. The zero-order chi connectivity index (χ0) is 21.8. The van der Waals surface area contributed by atoms with Gasteiger partial charge < -0.3 is 9.64 Å². The van der Waals surface area contributed by atoms with Crippen LogP contribution < -0.4 is 9.64 Å². The second-order valence-corrected chi connectivity index (χ2v) is 7.47. The van der Waals surface area contributed by atoms with Gasteiger partial charge in [0.25, 0.3) is 5.69 Å². The topological polar surface area (TPSA) is 84.6 Å². The van der Waals surface area contributed by atoms with E-state index in [0.717, 1.165) is 31.0 Å². The molecule has 0 saturated carbocycles. The smallest absolute Gasteiger partial charge is 0.269 e. The molecule has 0 spiro atoms. The van der Waals surface area contributed by atoms with E-state index in [1.807, 2.05) is 6.07 Å². The Labute approximate surface area is 179 Å². The van der Waals surface area contributed by atoms with Crippen molar-refractivity contribution >= 4 is 11.5 Å². The van der Waals surface area contributed by atoms with Crippen molar-refractivity contribution < 1.29 is 14.1 Å². The molecule has 0 unspecified atom stereocenters. The molecule has 3 aromatic rings. The van der Waals surface area contributed by atoms with Crippen molar-refractivity contribution in [3.8, 4) is 11.6 Å². The molecule has 2 heterocycles. The van der Waals surface area contributed by atoms with Gasteiger partial charge in [-0.25, -0.2) is 14.4 Å². The molecule has 1 saturated heterocycles. The van der Waals surface area contributed by atoms with Gasteiger partial charge in [-0.15, -0.1) is 0 Å². The first-order valence-corrected chi connectivity index (χ1v) is 9.96. The molecule has 1 atom stereocenters. The van der Waals surface area contributed by atoms with Crippen LogP contribution in [0.5, 0.6) is 11.6 Å². The molecule has 1 aliphatic heterocycles. The summed E-state index contributed by atoms with van der Waals surface area (Å²) < 4.78 is 19.0. The minimum absolute atomic E-state index is 0.107. The molecule has 4 rings (SSSR count). The summed E-state index contributed by atoms with van der Waals surface area (Å²) in [5.41, 5.74) is 1.03. The third-order valence-electron chi connectivity index (χ3n) is 5.24. The average Bonchev–Trinajstić information content (AvgIpc) is 2.75. The molecule has 31 heavy (non-hydrogen) atoms. The van der Waals surface area contributed by atoms with Gasteiger partial charge >= 0.3 is 0 Å². The molecular formula is C22H22FN5O3. The second-order valence-electron chi connectivity index (χ2n) is 7.47. The second kappa shape index (κ2) is 9.05. The largest absolute Gasteiger partial charge is 0.439 e. The van der Waals surface area contributed by atoms with Gasteiger partial charge in [0.2, 0.25) is 5.88 Å². The minimum Gasteiger partial charge on any atom is -0.439 e. The Morgan fingerprint density at radius 2 is 2.00 bits per heavy atom. The molecule has 0 N–H and O–H groups in total. The number of non-ortho nitro benzene ring substituents is 1. The van der Waals surface area contributed by atoms with Crippen LogP contribution in [0.4, 0.5) is 15.9 Å². The Hall–Kier alpha value is -3.59. The molecule has 8 nitrogen and oxygen atoms in total. The summed E-state index contributed by atoms with van der Waals surface area (Å²) in [6, 6.07) is 14.6. The Bertz CT molecular complexity index is 1080.